The fraction of sp³-hybridized carbons (Fsp3) is 0.424. The van der Waals surface area contributed by atoms with Crippen LogP contribution in [-0.4, -0.2) is 80.9 Å². The Kier molecular flexibility index (Phi) is 14.0. The number of halogens is 1. The average molecular weight is 719 g/mol. The van der Waals surface area contributed by atoms with Crippen LogP contribution in [0.1, 0.15) is 56.6 Å². The summed E-state index contributed by atoms with van der Waals surface area (Å²) >= 11 is 5.84. The zero-order chi connectivity index (χ0) is 36.3. The minimum Gasteiger partial charge on any atom is -0.481 e. The molecule has 0 spiro atoms. The molecule has 8 N–H and O–H groups in total. The molecule has 0 saturated heterocycles. The first-order valence-electron chi connectivity index (χ1n) is 15.7. The Morgan fingerprint density at radius 1 is 1.00 bits per heavy atom. The summed E-state index contributed by atoms with van der Waals surface area (Å²) in [7, 11) is -3.87. The van der Waals surface area contributed by atoms with Crippen LogP contribution in [0.2, 0.25) is 0 Å². The second kappa shape index (κ2) is 17.7. The van der Waals surface area contributed by atoms with Gasteiger partial charge in [-0.15, -0.1) is 0 Å². The molecular formula is C33H43ClN6O8S. The van der Waals surface area contributed by atoms with Gasteiger partial charge in [0, 0.05) is 18.7 Å². The number of benzene rings is 2. The molecule has 16 heteroatoms. The molecule has 49 heavy (non-hydrogen) atoms. The van der Waals surface area contributed by atoms with Crippen molar-refractivity contribution in [3.63, 3.8) is 0 Å². The van der Waals surface area contributed by atoms with Crippen LogP contribution >= 0.6 is 11.6 Å². The first-order chi connectivity index (χ1) is 23.1. The van der Waals surface area contributed by atoms with Crippen molar-refractivity contribution in [1.82, 2.24) is 16.0 Å². The lowest BCUT2D eigenvalue weighted by atomic mass is 9.97. The van der Waals surface area contributed by atoms with Gasteiger partial charge < -0.3 is 37.3 Å². The van der Waals surface area contributed by atoms with Gasteiger partial charge in [0.25, 0.3) is 0 Å². The predicted molar refractivity (Wildman–Crippen MR) is 186 cm³/mol. The Morgan fingerprint density at radius 2 is 1.59 bits per heavy atom. The number of carbonyl (C=O) groups is 4. The van der Waals surface area contributed by atoms with Gasteiger partial charge in [0.05, 0.1) is 12.5 Å². The number of carboxylic acids is 1. The van der Waals surface area contributed by atoms with E-state index in [2.05, 4.69) is 20.9 Å². The van der Waals surface area contributed by atoms with E-state index in [9.17, 15) is 32.7 Å². The van der Waals surface area contributed by atoms with Crippen molar-refractivity contribution in [2.45, 2.75) is 63.6 Å². The lowest BCUT2D eigenvalue weighted by molar-refractivity contribution is -0.137. The van der Waals surface area contributed by atoms with E-state index in [0.29, 0.717) is 6.42 Å². The first-order valence-corrected chi connectivity index (χ1v) is 18.0. The molecule has 0 bridgehead atoms. The van der Waals surface area contributed by atoms with Gasteiger partial charge >= 0.3 is 12.1 Å². The van der Waals surface area contributed by atoms with Gasteiger partial charge in [-0.1, -0.05) is 80.4 Å². The Bertz CT molecular complexity index is 1650. The minimum absolute atomic E-state index is 0.00855. The summed E-state index contributed by atoms with van der Waals surface area (Å²) in [6.07, 6.45) is 1.03. The number of rotatable bonds is 17. The molecule has 0 heterocycles. The number of hydrogen-bond donors (Lipinski definition) is 6. The van der Waals surface area contributed by atoms with Gasteiger partial charge in [0.1, 0.15) is 23.1 Å². The fourth-order valence-electron chi connectivity index (χ4n) is 5.40. The molecule has 0 aliphatic heterocycles. The molecule has 14 nitrogen and oxygen atoms in total. The highest BCUT2D eigenvalue weighted by Crippen LogP contribution is 2.44. The number of fused-ring (bicyclic) bond motifs is 3. The van der Waals surface area contributed by atoms with E-state index in [1.807, 2.05) is 48.5 Å². The summed E-state index contributed by atoms with van der Waals surface area (Å²) in [6.45, 7) is 3.66. The molecule has 0 radical (unpaired) electrons. The van der Waals surface area contributed by atoms with E-state index in [0.717, 1.165) is 34.6 Å². The highest BCUT2D eigenvalue weighted by Gasteiger charge is 2.33. The number of amides is 3. The standard InChI is InChI=1S/C33H43ClN6O8S/c1-4-19(2)29(31(44)38-20(17-28(41)42)16-27(34)49(3,46)47)40-30(43)26(14-9-15-37-32(35)36)39-33(45)48-18-25-23-12-7-5-10-21(23)22-11-6-8-13-24(22)25/h5-8,10-13,16,19-20,25-26,29H,4,9,14-15,17-18H2,1-3H3,(H,38,44)(H,39,45)(H,40,43)(H,41,42)(H4,35,36,37)/b27-16+/t19?,20-,26+,29-/m1/s1. The third kappa shape index (κ3) is 11.2. The fourth-order valence-corrected chi connectivity index (χ4v) is 5.97. The van der Waals surface area contributed by atoms with Crippen LogP contribution in [0.4, 0.5) is 4.79 Å². The number of nitrogens with two attached hydrogens (primary N) is 2. The number of sulfone groups is 1. The average Bonchev–Trinajstić information content (AvgIpc) is 3.36. The number of aliphatic imine (C=N–C) groups is 1. The van der Waals surface area contributed by atoms with Crippen molar-refractivity contribution < 1.29 is 37.4 Å². The number of guanidine groups is 1. The van der Waals surface area contributed by atoms with Crippen LogP contribution in [-0.2, 0) is 29.0 Å². The molecule has 0 fully saturated rings. The van der Waals surface area contributed by atoms with Gasteiger partial charge in [-0.25, -0.2) is 13.2 Å². The maximum Gasteiger partial charge on any atom is 0.407 e. The summed E-state index contributed by atoms with van der Waals surface area (Å²) in [6, 6.07) is 12.0. The Hall–Kier alpha value is -4.63. The maximum absolute atomic E-state index is 13.6. The topological polar surface area (TPSA) is 232 Å². The quantitative estimate of drug-likeness (QED) is 0.0795. The summed E-state index contributed by atoms with van der Waals surface area (Å²) in [4.78, 5) is 55.6. The summed E-state index contributed by atoms with van der Waals surface area (Å²) in [5.74, 6) is -3.62. The number of hydrogen-bond acceptors (Lipinski definition) is 8. The largest absolute Gasteiger partial charge is 0.481 e. The van der Waals surface area contributed by atoms with E-state index in [1.165, 1.54) is 0 Å². The minimum atomic E-state index is -3.87. The summed E-state index contributed by atoms with van der Waals surface area (Å²) in [5.41, 5.74) is 15.0. The zero-order valence-corrected chi connectivity index (χ0v) is 29.1. The third-order valence-electron chi connectivity index (χ3n) is 8.10. The van der Waals surface area contributed by atoms with Gasteiger partial charge in [-0.2, -0.15) is 0 Å². The summed E-state index contributed by atoms with van der Waals surface area (Å²) in [5, 5.41) is 17.1. The van der Waals surface area contributed by atoms with Gasteiger partial charge in [0.2, 0.25) is 11.8 Å². The van der Waals surface area contributed by atoms with Crippen molar-refractivity contribution in [1.29, 1.82) is 0 Å². The van der Waals surface area contributed by atoms with Crippen molar-refractivity contribution in [2.24, 2.45) is 22.4 Å². The number of carboxylic acid groups (broad SMARTS) is 1. The van der Waals surface area contributed by atoms with E-state index in [-0.39, 0.29) is 37.9 Å². The highest BCUT2D eigenvalue weighted by atomic mass is 35.5. The van der Waals surface area contributed by atoms with Crippen LogP contribution in [0, 0.1) is 5.92 Å². The van der Waals surface area contributed by atoms with Gasteiger partial charge in [0.15, 0.2) is 15.8 Å². The molecule has 1 aliphatic carbocycles. The van der Waals surface area contributed by atoms with Gasteiger partial charge in [-0.05, 0) is 47.1 Å². The number of carbonyl (C=O) groups excluding carboxylic acids is 3. The molecule has 1 aliphatic rings. The molecule has 0 aromatic heterocycles. The Labute approximate surface area is 290 Å². The van der Waals surface area contributed by atoms with Crippen LogP contribution in [0.5, 0.6) is 0 Å². The molecule has 1 unspecified atom stereocenters. The lowest BCUT2D eigenvalue weighted by Crippen LogP contribution is -2.57. The Balaban J connectivity index is 1.77. The maximum atomic E-state index is 13.6. The number of alkyl carbamates (subject to hydrolysis) is 1. The number of aliphatic carboxylic acids is 1. The summed E-state index contributed by atoms with van der Waals surface area (Å²) < 4.78 is 28.7. The highest BCUT2D eigenvalue weighted by molar-refractivity contribution is 7.96. The molecule has 2 aromatic carbocycles. The van der Waals surface area contributed by atoms with E-state index < -0.39 is 68.5 Å². The van der Waals surface area contributed by atoms with E-state index in [1.54, 1.807) is 13.8 Å². The van der Waals surface area contributed by atoms with E-state index >= 15 is 0 Å². The second-order valence-corrected chi connectivity index (χ2v) is 14.4. The molecule has 2 aromatic rings. The predicted octanol–water partition coefficient (Wildman–Crippen LogP) is 2.56. The smallest absolute Gasteiger partial charge is 0.407 e. The third-order valence-corrected chi connectivity index (χ3v) is 9.91. The number of nitrogens with one attached hydrogen (secondary N) is 3. The van der Waals surface area contributed by atoms with Crippen molar-refractivity contribution >= 4 is 51.3 Å². The normalized spacial score (nSPS) is 15.1. The van der Waals surface area contributed by atoms with Gasteiger partial charge in [-0.3, -0.25) is 19.4 Å². The SMILES string of the molecule is CCC(C)[C@@H](NC(=O)[C@H](CCCN=C(N)N)NC(=O)OCC1c2ccccc2-c2ccccc21)C(=O)N[C@H](/C=C(\Cl)S(C)(=O)=O)CC(=O)O. The van der Waals surface area contributed by atoms with Crippen LogP contribution in [0.25, 0.3) is 11.1 Å². The van der Waals surface area contributed by atoms with Crippen LogP contribution < -0.4 is 27.4 Å². The monoisotopic (exact) mass is 718 g/mol. The number of ether oxygens (including phenoxy) is 1. The van der Waals surface area contributed by atoms with Crippen LogP contribution in [0.3, 0.4) is 0 Å². The molecule has 3 amide bonds. The van der Waals surface area contributed by atoms with Crippen molar-refractivity contribution in [3.05, 3.63) is 70.1 Å². The van der Waals surface area contributed by atoms with Crippen molar-refractivity contribution in [2.75, 3.05) is 19.4 Å². The first kappa shape index (κ1) is 38.8. The molecule has 4 atom stereocenters. The Morgan fingerprint density at radius 3 is 2.12 bits per heavy atom. The van der Waals surface area contributed by atoms with E-state index in [4.69, 9.17) is 27.8 Å². The second-order valence-electron chi connectivity index (χ2n) is 11.8. The van der Waals surface area contributed by atoms with Crippen molar-refractivity contribution in [3.8, 4) is 11.1 Å². The lowest BCUT2D eigenvalue weighted by Gasteiger charge is -2.28. The van der Waals surface area contributed by atoms with Crippen LogP contribution in [0.15, 0.2) is 64.0 Å². The molecular weight excluding hydrogens is 676 g/mol. The molecule has 0 saturated carbocycles. The number of nitrogens with zero attached hydrogens (tertiary/aromatic N) is 1. The zero-order valence-electron chi connectivity index (χ0n) is 27.5. The molecule has 3 rings (SSSR count). The molecule has 266 valence electrons.